The third kappa shape index (κ3) is 11.7. The number of hydrogen-bond acceptors (Lipinski definition) is 0. The van der Waals surface area contributed by atoms with Crippen LogP contribution in [0.3, 0.4) is 0 Å². The van der Waals surface area contributed by atoms with Gasteiger partial charge in [-0.1, -0.05) is 121 Å². The summed E-state index contributed by atoms with van der Waals surface area (Å²) in [4.78, 5) is 0. The number of rotatable bonds is 5. The maximum atomic E-state index is 5.98. The van der Waals surface area contributed by atoms with E-state index in [-0.39, 0.29) is 24.8 Å². The molecule has 0 aliphatic heterocycles. The molecule has 0 bridgehead atoms. The van der Waals surface area contributed by atoms with E-state index < -0.39 is 0 Å². The second kappa shape index (κ2) is 21.1. The smallest absolute Gasteiger partial charge is 1.00 e. The zero-order chi connectivity index (χ0) is 41.9. The van der Waals surface area contributed by atoms with Crippen molar-refractivity contribution < 1.29 is 49.0 Å². The van der Waals surface area contributed by atoms with Crippen molar-refractivity contribution >= 4 is 26.4 Å². The molecule has 5 heteroatoms. The summed E-state index contributed by atoms with van der Waals surface area (Å²) < 4.78 is 1.26. The molecule has 0 saturated carbocycles. The minimum Gasteiger partial charge on any atom is -1.00 e. The summed E-state index contributed by atoms with van der Waals surface area (Å²) in [6.45, 7) is 22.2. The van der Waals surface area contributed by atoms with Gasteiger partial charge in [0.25, 0.3) is 0 Å². The fourth-order valence-electron chi connectivity index (χ4n) is 8.30. The van der Waals surface area contributed by atoms with E-state index in [0.29, 0.717) is 5.41 Å². The van der Waals surface area contributed by atoms with Crippen LogP contribution in [0, 0.1) is 47.6 Å². The van der Waals surface area contributed by atoms with Crippen LogP contribution in [0.4, 0.5) is 0 Å². The van der Waals surface area contributed by atoms with Gasteiger partial charge in [0.15, 0.2) is 0 Å². The minimum absolute atomic E-state index is 0. The van der Waals surface area contributed by atoms with Crippen LogP contribution in [0.1, 0.15) is 94.5 Å². The molecule has 0 saturated heterocycles. The molecule has 8 rings (SSSR count). The third-order valence-electron chi connectivity index (χ3n) is 11.0. The minimum atomic E-state index is 0. The Hall–Kier alpha value is -3.42. The predicted molar refractivity (Wildman–Crippen MR) is 249 cm³/mol. The van der Waals surface area contributed by atoms with Crippen molar-refractivity contribution in [3.05, 3.63) is 204 Å². The van der Waals surface area contributed by atoms with E-state index in [4.69, 9.17) is 23.2 Å². The van der Waals surface area contributed by atoms with Gasteiger partial charge in [-0.2, -0.15) is 23.3 Å². The quantitative estimate of drug-likeness (QED) is 0.151. The normalized spacial score (nSPS) is 11.2. The zero-order valence-corrected chi connectivity index (χ0v) is 42.0. The van der Waals surface area contributed by atoms with Gasteiger partial charge in [0, 0.05) is 0 Å². The van der Waals surface area contributed by atoms with E-state index in [9.17, 15) is 0 Å². The van der Waals surface area contributed by atoms with Crippen LogP contribution in [0.25, 0.3) is 33.4 Å². The van der Waals surface area contributed by atoms with Gasteiger partial charge in [-0.25, -0.2) is 6.07 Å². The molecule has 0 spiro atoms. The molecule has 7 aromatic rings. The van der Waals surface area contributed by atoms with Crippen molar-refractivity contribution in [2.45, 2.75) is 87.5 Å². The van der Waals surface area contributed by atoms with Crippen LogP contribution in [0.15, 0.2) is 121 Å². The summed E-state index contributed by atoms with van der Waals surface area (Å²) >= 11 is 13.3. The standard InChI is InChI=1S/C31H29.C13H8Cl2.C11H17.2ClH.Zr/c1-18-11-20(3)30(21(4)12-18)24-7-9-28-26(15-24)17-27-16-25(8-10-29(27)28)31-22(5)13-19(2)14-23(31)6;14-12-5-1-3-10(8-12)7-11-4-2-6-13(15)9-11;1-5-9-6-7-10(8-9)11(2,3)4;;;/h7-15H,17H2,1-6H3;1-6,8-9H;6-8H,5H2,1-4H3;2*1H;/q-1;;-1;;;+2/p-2. The van der Waals surface area contributed by atoms with E-state index in [0.717, 1.165) is 34.0 Å². The van der Waals surface area contributed by atoms with Crippen LogP contribution in [0.5, 0.6) is 0 Å². The number of aryl methyl sites for hydroxylation is 7. The van der Waals surface area contributed by atoms with Gasteiger partial charge in [-0.15, -0.1) is 29.3 Å². The second-order valence-electron chi connectivity index (χ2n) is 16.9. The second-order valence-corrected chi connectivity index (χ2v) is 19.0. The number of fused-ring (bicyclic) bond motifs is 3. The summed E-state index contributed by atoms with van der Waals surface area (Å²) in [6.07, 6.45) is 2.11. The summed E-state index contributed by atoms with van der Waals surface area (Å²) in [6, 6.07) is 47.0. The number of hydrogen-bond donors (Lipinski definition) is 0. The van der Waals surface area contributed by atoms with Crippen molar-refractivity contribution in [3.63, 3.8) is 0 Å². The summed E-state index contributed by atoms with van der Waals surface area (Å²) in [5.41, 5.74) is 24.2. The Balaban J connectivity index is 0.000000229. The molecule has 60 heavy (non-hydrogen) atoms. The molecule has 0 aromatic heterocycles. The summed E-state index contributed by atoms with van der Waals surface area (Å²) in [5.74, 6) is 0. The molecule has 0 amide bonds. The van der Waals surface area contributed by atoms with Gasteiger partial charge >= 0.3 is 120 Å². The molecule has 0 fully saturated rings. The van der Waals surface area contributed by atoms with Crippen LogP contribution in [0.2, 0.25) is 10.0 Å². The topological polar surface area (TPSA) is 0 Å². The first-order valence-corrected chi connectivity index (χ1v) is 22.2. The Bertz CT molecular complexity index is 2420. The Kier molecular flexibility index (Phi) is 17.3. The summed E-state index contributed by atoms with van der Waals surface area (Å²) in [7, 11) is 0. The molecule has 0 atom stereocenters. The molecule has 1 aliphatic rings. The molecule has 0 unspecified atom stereocenters. The van der Waals surface area contributed by atoms with E-state index in [1.54, 1.807) is 0 Å². The van der Waals surface area contributed by atoms with Gasteiger partial charge in [-0.05, 0) is 75.8 Å². The fraction of sp³-hybridized carbons (Fsp3) is 0.236. The molecule has 308 valence electrons. The van der Waals surface area contributed by atoms with Crippen LogP contribution >= 0.6 is 23.2 Å². The van der Waals surface area contributed by atoms with Crippen LogP contribution in [-0.4, -0.2) is 3.21 Å². The van der Waals surface area contributed by atoms with E-state index in [1.165, 1.54) is 116 Å². The average molecular weight is 948 g/mol. The first kappa shape index (κ1) is 49.2. The van der Waals surface area contributed by atoms with Gasteiger partial charge < -0.3 is 24.8 Å². The van der Waals surface area contributed by atoms with Gasteiger partial charge in [-0.3, -0.25) is 0 Å². The van der Waals surface area contributed by atoms with Crippen molar-refractivity contribution in [3.8, 4) is 33.4 Å². The summed E-state index contributed by atoms with van der Waals surface area (Å²) in [5, 5.41) is 1.53. The zero-order valence-electron chi connectivity index (χ0n) is 36.5. The first-order valence-electron chi connectivity index (χ1n) is 20.2. The SMILES string of the molecule is CCc1cc(C(C)(C)C)c[cH-]1.Cc1cc(C)c(-c2[c-]c3c(cc2)-c2ccc(-c4c(C)cc(C)cc4C)cc2C3)c(C)c1.Clc1cccc([C](=[Zr+2])c2cccc(Cl)c2)c1.[Cl-].[Cl-]. The molecule has 0 nitrogen and oxygen atoms in total. The van der Waals surface area contributed by atoms with E-state index >= 15 is 0 Å². The maximum absolute atomic E-state index is 5.98. The Labute approximate surface area is 397 Å². The fourth-order valence-corrected chi connectivity index (χ4v) is 9.44. The first-order chi connectivity index (χ1) is 27.5. The molecular formula is C55H54Cl4Zr-2. The Morgan fingerprint density at radius 3 is 1.63 bits per heavy atom. The predicted octanol–water partition coefficient (Wildman–Crippen LogP) is 9.62. The van der Waals surface area contributed by atoms with Crippen molar-refractivity contribution in [1.82, 2.24) is 0 Å². The third-order valence-corrected chi connectivity index (χ3v) is 12.9. The molecule has 0 heterocycles. The number of benzene rings is 6. The van der Waals surface area contributed by atoms with E-state index in [1.807, 2.05) is 36.4 Å². The molecule has 0 N–H and O–H groups in total. The monoisotopic (exact) mass is 944 g/mol. The molecule has 1 aliphatic carbocycles. The number of halogens is 4. The van der Waals surface area contributed by atoms with Crippen molar-refractivity contribution in [1.29, 1.82) is 0 Å². The Morgan fingerprint density at radius 2 is 1.17 bits per heavy atom. The average Bonchev–Trinajstić information content (AvgIpc) is 3.79. The van der Waals surface area contributed by atoms with Gasteiger partial charge in [0.1, 0.15) is 0 Å². The maximum Gasteiger partial charge on any atom is -1.00 e. The van der Waals surface area contributed by atoms with Crippen molar-refractivity contribution in [2.75, 3.05) is 0 Å². The van der Waals surface area contributed by atoms with Crippen molar-refractivity contribution in [2.24, 2.45) is 0 Å². The van der Waals surface area contributed by atoms with E-state index in [2.05, 4.69) is 160 Å². The van der Waals surface area contributed by atoms with Gasteiger partial charge in [0.2, 0.25) is 0 Å². The molecule has 0 radical (unpaired) electrons. The Morgan fingerprint density at radius 1 is 0.650 bits per heavy atom. The van der Waals surface area contributed by atoms with Crippen LogP contribution in [-0.2, 0) is 42.5 Å². The largest absolute Gasteiger partial charge is 1.00 e. The molecular weight excluding hydrogens is 894 g/mol. The van der Waals surface area contributed by atoms with Gasteiger partial charge in [0.05, 0.1) is 0 Å². The van der Waals surface area contributed by atoms with Crippen LogP contribution < -0.4 is 24.8 Å². The molecule has 7 aromatic carbocycles.